The molecule has 92 valence electrons. The van der Waals surface area contributed by atoms with E-state index in [-0.39, 0.29) is 0 Å². The van der Waals surface area contributed by atoms with E-state index >= 15 is 0 Å². The van der Waals surface area contributed by atoms with E-state index in [9.17, 15) is 0 Å². The van der Waals surface area contributed by atoms with Gasteiger partial charge in [0.25, 0.3) is 0 Å². The number of halogens is 1. The highest BCUT2D eigenvalue weighted by Crippen LogP contribution is 2.14. The van der Waals surface area contributed by atoms with Crippen LogP contribution in [0.15, 0.2) is 42.5 Å². The van der Waals surface area contributed by atoms with Crippen molar-refractivity contribution in [2.24, 2.45) is 0 Å². The first-order valence-electron chi connectivity index (χ1n) is 5.73. The number of benzene rings is 1. The summed E-state index contributed by atoms with van der Waals surface area (Å²) in [6.45, 7) is 0. The van der Waals surface area contributed by atoms with Gasteiger partial charge in [-0.2, -0.15) is 0 Å². The molecule has 0 unspecified atom stereocenters. The Kier molecular flexibility index (Phi) is 4.00. The lowest BCUT2D eigenvalue weighted by Crippen LogP contribution is -2.07. The van der Waals surface area contributed by atoms with Crippen molar-refractivity contribution in [1.29, 1.82) is 0 Å². The van der Waals surface area contributed by atoms with Crippen LogP contribution in [0, 0.1) is 0 Å². The molecule has 2 rings (SSSR count). The second-order valence-corrected chi connectivity index (χ2v) is 4.59. The van der Waals surface area contributed by atoms with Crippen LogP contribution < -0.4 is 4.90 Å². The van der Waals surface area contributed by atoms with Crippen molar-refractivity contribution < 1.29 is 0 Å². The molecule has 0 fully saturated rings. The fourth-order valence-corrected chi connectivity index (χ4v) is 1.75. The first-order valence-corrected chi connectivity index (χ1v) is 6.11. The molecule has 0 aliphatic heterocycles. The fraction of sp³-hybridized carbons (Fsp3) is 0.133. The van der Waals surface area contributed by atoms with Crippen LogP contribution in [0.1, 0.15) is 11.3 Å². The highest BCUT2D eigenvalue weighted by Gasteiger charge is 1.94. The summed E-state index contributed by atoms with van der Waals surface area (Å²) < 4.78 is 0. The van der Waals surface area contributed by atoms with Crippen molar-refractivity contribution in [1.82, 2.24) is 4.98 Å². The minimum Gasteiger partial charge on any atom is -0.378 e. The van der Waals surface area contributed by atoms with Crippen LogP contribution in [-0.4, -0.2) is 19.1 Å². The van der Waals surface area contributed by atoms with E-state index in [1.54, 1.807) is 6.07 Å². The molecule has 18 heavy (non-hydrogen) atoms. The van der Waals surface area contributed by atoms with E-state index in [4.69, 9.17) is 11.6 Å². The van der Waals surface area contributed by atoms with Crippen molar-refractivity contribution in [2.45, 2.75) is 0 Å². The van der Waals surface area contributed by atoms with Gasteiger partial charge in [-0.15, -0.1) is 0 Å². The maximum Gasteiger partial charge on any atom is 0.129 e. The Bertz CT molecular complexity index is 545. The first-order chi connectivity index (χ1) is 8.65. The molecule has 0 bridgehead atoms. The average Bonchev–Trinajstić information content (AvgIpc) is 2.37. The molecule has 2 nitrogen and oxygen atoms in total. The summed E-state index contributed by atoms with van der Waals surface area (Å²) in [5, 5.41) is 0.514. The summed E-state index contributed by atoms with van der Waals surface area (Å²) >= 11 is 5.83. The Hall–Kier alpha value is -1.80. The predicted molar refractivity (Wildman–Crippen MR) is 78.9 cm³/mol. The zero-order valence-corrected chi connectivity index (χ0v) is 11.2. The molecule has 0 spiro atoms. The third kappa shape index (κ3) is 3.34. The lowest BCUT2D eigenvalue weighted by Gasteiger charge is -2.11. The molecule has 1 aromatic carbocycles. The van der Waals surface area contributed by atoms with Crippen LogP contribution in [-0.2, 0) is 0 Å². The zero-order valence-electron chi connectivity index (χ0n) is 10.5. The third-order valence-corrected chi connectivity index (χ3v) is 2.80. The van der Waals surface area contributed by atoms with Gasteiger partial charge in [0.05, 0.1) is 5.69 Å². The second kappa shape index (κ2) is 5.69. The topological polar surface area (TPSA) is 16.1 Å². The lowest BCUT2D eigenvalue weighted by molar-refractivity contribution is 1.13. The van der Waals surface area contributed by atoms with Crippen LogP contribution in [0.3, 0.4) is 0 Å². The number of rotatable bonds is 3. The van der Waals surface area contributed by atoms with Gasteiger partial charge in [-0.1, -0.05) is 35.9 Å². The SMILES string of the molecule is CN(C)c1ccc(/C=C/c2cccc(Cl)n2)cc1. The second-order valence-electron chi connectivity index (χ2n) is 4.20. The molecule has 1 heterocycles. The molecule has 0 amide bonds. The minimum absolute atomic E-state index is 0.514. The fourth-order valence-electron chi connectivity index (χ4n) is 1.58. The van der Waals surface area contributed by atoms with E-state index in [0.29, 0.717) is 5.15 Å². The van der Waals surface area contributed by atoms with Crippen molar-refractivity contribution >= 4 is 29.4 Å². The van der Waals surface area contributed by atoms with E-state index in [1.165, 1.54) is 5.69 Å². The van der Waals surface area contributed by atoms with Gasteiger partial charge < -0.3 is 4.90 Å². The lowest BCUT2D eigenvalue weighted by atomic mass is 10.1. The van der Waals surface area contributed by atoms with Gasteiger partial charge in [0.1, 0.15) is 5.15 Å². The molecule has 0 aliphatic carbocycles. The maximum atomic E-state index is 5.83. The van der Waals surface area contributed by atoms with E-state index < -0.39 is 0 Å². The Morgan fingerprint density at radius 3 is 2.33 bits per heavy atom. The van der Waals surface area contributed by atoms with Crippen LogP contribution in [0.4, 0.5) is 5.69 Å². The molecule has 0 atom stereocenters. The van der Waals surface area contributed by atoms with Crippen LogP contribution in [0.2, 0.25) is 5.15 Å². The molecular formula is C15H15ClN2. The largest absolute Gasteiger partial charge is 0.378 e. The van der Waals surface area contributed by atoms with Gasteiger partial charge in [-0.25, -0.2) is 4.98 Å². The van der Waals surface area contributed by atoms with E-state index in [2.05, 4.69) is 34.1 Å². The summed E-state index contributed by atoms with van der Waals surface area (Å²) in [4.78, 5) is 6.28. The van der Waals surface area contributed by atoms with Crippen LogP contribution in [0.25, 0.3) is 12.2 Å². The van der Waals surface area contributed by atoms with Gasteiger partial charge >= 0.3 is 0 Å². The zero-order chi connectivity index (χ0) is 13.0. The number of nitrogens with zero attached hydrogens (tertiary/aromatic N) is 2. The predicted octanol–water partition coefficient (Wildman–Crippen LogP) is 3.97. The van der Waals surface area contributed by atoms with Gasteiger partial charge in [-0.3, -0.25) is 0 Å². The molecule has 0 radical (unpaired) electrons. The Balaban J connectivity index is 2.14. The Labute approximate surface area is 113 Å². The number of aromatic nitrogens is 1. The van der Waals surface area contributed by atoms with Crippen LogP contribution >= 0.6 is 11.6 Å². The average molecular weight is 259 g/mol. The maximum absolute atomic E-state index is 5.83. The van der Waals surface area contributed by atoms with Crippen molar-refractivity contribution in [3.8, 4) is 0 Å². The Morgan fingerprint density at radius 1 is 1.00 bits per heavy atom. The van der Waals surface area contributed by atoms with Crippen molar-refractivity contribution in [3.63, 3.8) is 0 Å². The normalized spacial score (nSPS) is 10.8. The summed E-state index contributed by atoms with van der Waals surface area (Å²) in [6.07, 6.45) is 3.98. The third-order valence-electron chi connectivity index (χ3n) is 2.59. The summed E-state index contributed by atoms with van der Waals surface area (Å²) in [7, 11) is 4.06. The standard InChI is InChI=1S/C15H15ClN2/c1-18(2)14-10-7-12(8-11-14)6-9-13-4-3-5-15(16)17-13/h3-11H,1-2H3/b9-6+. The van der Waals surface area contributed by atoms with Gasteiger partial charge in [0, 0.05) is 19.8 Å². The quantitative estimate of drug-likeness (QED) is 0.775. The monoisotopic (exact) mass is 258 g/mol. The number of hydrogen-bond acceptors (Lipinski definition) is 2. The summed E-state index contributed by atoms with van der Waals surface area (Å²) in [5.41, 5.74) is 3.19. The highest BCUT2D eigenvalue weighted by molar-refractivity contribution is 6.29. The smallest absolute Gasteiger partial charge is 0.129 e. The molecule has 1 aromatic heterocycles. The summed E-state index contributed by atoms with van der Waals surface area (Å²) in [6, 6.07) is 13.9. The van der Waals surface area contributed by atoms with Crippen LogP contribution in [0.5, 0.6) is 0 Å². The molecule has 3 heteroatoms. The number of anilines is 1. The minimum atomic E-state index is 0.514. The summed E-state index contributed by atoms with van der Waals surface area (Å²) in [5.74, 6) is 0. The van der Waals surface area contributed by atoms with Gasteiger partial charge in [0.2, 0.25) is 0 Å². The molecule has 0 aliphatic rings. The molecule has 0 saturated heterocycles. The van der Waals surface area contributed by atoms with Crippen molar-refractivity contribution in [2.75, 3.05) is 19.0 Å². The Morgan fingerprint density at radius 2 is 1.72 bits per heavy atom. The molecule has 2 aromatic rings. The number of pyridine rings is 1. The van der Waals surface area contributed by atoms with Gasteiger partial charge in [-0.05, 0) is 35.9 Å². The van der Waals surface area contributed by atoms with E-state index in [1.807, 2.05) is 38.4 Å². The van der Waals surface area contributed by atoms with E-state index in [0.717, 1.165) is 11.3 Å². The molecule has 0 N–H and O–H groups in total. The van der Waals surface area contributed by atoms with Gasteiger partial charge in [0.15, 0.2) is 0 Å². The first kappa shape index (κ1) is 12.7. The molecular weight excluding hydrogens is 244 g/mol. The number of hydrogen-bond donors (Lipinski definition) is 0. The molecule has 0 saturated carbocycles. The van der Waals surface area contributed by atoms with Crippen molar-refractivity contribution in [3.05, 3.63) is 58.9 Å². The highest BCUT2D eigenvalue weighted by atomic mass is 35.5.